The van der Waals surface area contributed by atoms with Gasteiger partial charge >= 0.3 is 0 Å². The Morgan fingerprint density at radius 3 is 2.26 bits per heavy atom. The number of hydrogen-bond acceptors (Lipinski definition) is 3. The number of hydrogen-bond donors (Lipinski definition) is 1. The number of methoxy groups -OCH3 is 2. The van der Waals surface area contributed by atoms with Crippen LogP contribution in [0.1, 0.15) is 38.8 Å². The Kier molecular flexibility index (Phi) is 6.66. The van der Waals surface area contributed by atoms with E-state index in [1.807, 2.05) is 6.07 Å². The largest absolute Gasteiger partial charge is 0.496 e. The van der Waals surface area contributed by atoms with Gasteiger partial charge < -0.3 is 14.8 Å². The normalized spacial score (nSPS) is 12.6. The minimum Gasteiger partial charge on any atom is -0.496 e. The van der Waals surface area contributed by atoms with Crippen LogP contribution in [0.2, 0.25) is 0 Å². The molecule has 0 radical (unpaired) electrons. The standard InChI is InChI=1S/C15H24BrNO2/c1-6-7-17-15(10(2)3)11-8-14(19-5)12(16)9-13(11)18-4/h8-10,15,17H,6-7H2,1-5H3. The highest BCUT2D eigenvalue weighted by Crippen LogP contribution is 2.38. The topological polar surface area (TPSA) is 30.5 Å². The third-order valence-corrected chi connectivity index (χ3v) is 3.74. The number of nitrogens with one attached hydrogen (secondary N) is 1. The quantitative estimate of drug-likeness (QED) is 0.814. The molecule has 0 saturated heterocycles. The number of halogens is 1. The lowest BCUT2D eigenvalue weighted by Crippen LogP contribution is -2.27. The van der Waals surface area contributed by atoms with Crippen LogP contribution in [0.25, 0.3) is 0 Å². The van der Waals surface area contributed by atoms with Crippen LogP contribution in [0.5, 0.6) is 11.5 Å². The molecule has 1 aromatic rings. The van der Waals surface area contributed by atoms with Crippen LogP contribution in [-0.2, 0) is 0 Å². The van der Waals surface area contributed by atoms with E-state index < -0.39 is 0 Å². The molecule has 0 aromatic heterocycles. The van der Waals surface area contributed by atoms with E-state index in [4.69, 9.17) is 9.47 Å². The molecule has 3 nitrogen and oxygen atoms in total. The van der Waals surface area contributed by atoms with Crippen molar-refractivity contribution in [3.63, 3.8) is 0 Å². The van der Waals surface area contributed by atoms with Gasteiger partial charge in [-0.05, 0) is 46.9 Å². The molecular formula is C15H24BrNO2. The van der Waals surface area contributed by atoms with E-state index in [1.54, 1.807) is 14.2 Å². The molecule has 1 rings (SSSR count). The Morgan fingerprint density at radius 2 is 1.79 bits per heavy atom. The van der Waals surface area contributed by atoms with Crippen LogP contribution in [0.4, 0.5) is 0 Å². The zero-order chi connectivity index (χ0) is 14.4. The summed E-state index contributed by atoms with van der Waals surface area (Å²) in [5.74, 6) is 2.20. The molecule has 1 N–H and O–H groups in total. The predicted octanol–water partition coefficient (Wildman–Crippen LogP) is 4.16. The van der Waals surface area contributed by atoms with Crippen molar-refractivity contribution in [2.45, 2.75) is 33.2 Å². The van der Waals surface area contributed by atoms with E-state index in [0.717, 1.165) is 34.5 Å². The van der Waals surface area contributed by atoms with Gasteiger partial charge in [-0.25, -0.2) is 0 Å². The molecule has 0 heterocycles. The van der Waals surface area contributed by atoms with E-state index in [9.17, 15) is 0 Å². The SMILES string of the molecule is CCCNC(c1cc(OC)c(Br)cc1OC)C(C)C. The minimum atomic E-state index is 0.261. The molecule has 0 aliphatic carbocycles. The van der Waals surface area contributed by atoms with E-state index in [2.05, 4.69) is 48.1 Å². The summed E-state index contributed by atoms with van der Waals surface area (Å²) in [6.45, 7) is 7.58. The van der Waals surface area contributed by atoms with Crippen molar-refractivity contribution in [1.82, 2.24) is 5.32 Å². The molecular weight excluding hydrogens is 306 g/mol. The van der Waals surface area contributed by atoms with Gasteiger partial charge in [-0.2, -0.15) is 0 Å². The maximum atomic E-state index is 5.51. The van der Waals surface area contributed by atoms with Crippen molar-refractivity contribution >= 4 is 15.9 Å². The maximum absolute atomic E-state index is 5.51. The molecule has 1 atom stereocenters. The summed E-state index contributed by atoms with van der Waals surface area (Å²) in [5.41, 5.74) is 1.14. The van der Waals surface area contributed by atoms with Crippen LogP contribution < -0.4 is 14.8 Å². The molecule has 1 unspecified atom stereocenters. The fourth-order valence-electron chi connectivity index (χ4n) is 2.13. The third kappa shape index (κ3) is 4.11. The van der Waals surface area contributed by atoms with Gasteiger partial charge in [0, 0.05) is 11.6 Å². The summed E-state index contributed by atoms with van der Waals surface area (Å²) >= 11 is 3.50. The van der Waals surface area contributed by atoms with E-state index >= 15 is 0 Å². The van der Waals surface area contributed by atoms with Crippen molar-refractivity contribution in [3.8, 4) is 11.5 Å². The lowest BCUT2D eigenvalue weighted by Gasteiger charge is -2.25. The van der Waals surface area contributed by atoms with Crippen LogP contribution in [-0.4, -0.2) is 20.8 Å². The molecule has 0 aliphatic rings. The van der Waals surface area contributed by atoms with Crippen molar-refractivity contribution in [1.29, 1.82) is 0 Å². The van der Waals surface area contributed by atoms with Crippen LogP contribution in [0, 0.1) is 5.92 Å². The molecule has 4 heteroatoms. The third-order valence-electron chi connectivity index (χ3n) is 3.12. The number of benzene rings is 1. The second-order valence-corrected chi connectivity index (χ2v) is 5.76. The zero-order valence-electron chi connectivity index (χ0n) is 12.4. The van der Waals surface area contributed by atoms with Gasteiger partial charge in [0.25, 0.3) is 0 Å². The fourth-order valence-corrected chi connectivity index (χ4v) is 2.62. The van der Waals surface area contributed by atoms with Gasteiger partial charge in [-0.15, -0.1) is 0 Å². The van der Waals surface area contributed by atoms with Gasteiger partial charge in [0.15, 0.2) is 0 Å². The second-order valence-electron chi connectivity index (χ2n) is 4.90. The smallest absolute Gasteiger partial charge is 0.133 e. The Bertz CT molecular complexity index is 407. The minimum absolute atomic E-state index is 0.261. The van der Waals surface area contributed by atoms with Gasteiger partial charge in [-0.1, -0.05) is 20.8 Å². The van der Waals surface area contributed by atoms with Crippen LogP contribution in [0.3, 0.4) is 0 Å². The Labute approximate surface area is 124 Å². The summed E-state index contributed by atoms with van der Waals surface area (Å²) in [5, 5.41) is 3.58. The number of rotatable bonds is 7. The summed E-state index contributed by atoms with van der Waals surface area (Å²) < 4.78 is 11.8. The van der Waals surface area contributed by atoms with Crippen LogP contribution in [0.15, 0.2) is 16.6 Å². The van der Waals surface area contributed by atoms with Crippen molar-refractivity contribution < 1.29 is 9.47 Å². The van der Waals surface area contributed by atoms with E-state index in [0.29, 0.717) is 5.92 Å². The van der Waals surface area contributed by atoms with Gasteiger partial charge in [-0.3, -0.25) is 0 Å². The second kappa shape index (κ2) is 7.75. The first-order valence-electron chi connectivity index (χ1n) is 6.69. The van der Waals surface area contributed by atoms with Crippen molar-refractivity contribution in [2.75, 3.05) is 20.8 Å². The summed E-state index contributed by atoms with van der Waals surface area (Å²) in [7, 11) is 3.38. The Morgan fingerprint density at radius 1 is 1.16 bits per heavy atom. The fraction of sp³-hybridized carbons (Fsp3) is 0.600. The van der Waals surface area contributed by atoms with Crippen LogP contribution >= 0.6 is 15.9 Å². The van der Waals surface area contributed by atoms with Crippen molar-refractivity contribution in [3.05, 3.63) is 22.2 Å². The zero-order valence-corrected chi connectivity index (χ0v) is 14.0. The molecule has 0 bridgehead atoms. The highest BCUT2D eigenvalue weighted by molar-refractivity contribution is 9.10. The average molecular weight is 330 g/mol. The molecule has 0 amide bonds. The maximum Gasteiger partial charge on any atom is 0.133 e. The highest BCUT2D eigenvalue weighted by Gasteiger charge is 2.21. The Hall–Kier alpha value is -0.740. The lowest BCUT2D eigenvalue weighted by molar-refractivity contribution is 0.364. The number of ether oxygens (including phenoxy) is 2. The van der Waals surface area contributed by atoms with Gasteiger partial charge in [0.1, 0.15) is 11.5 Å². The molecule has 108 valence electrons. The van der Waals surface area contributed by atoms with Crippen molar-refractivity contribution in [2.24, 2.45) is 5.92 Å². The van der Waals surface area contributed by atoms with Gasteiger partial charge in [0.2, 0.25) is 0 Å². The first-order valence-corrected chi connectivity index (χ1v) is 7.49. The Balaban J connectivity index is 3.19. The lowest BCUT2D eigenvalue weighted by atomic mass is 9.94. The molecule has 19 heavy (non-hydrogen) atoms. The monoisotopic (exact) mass is 329 g/mol. The predicted molar refractivity (Wildman–Crippen MR) is 83.1 cm³/mol. The summed E-state index contributed by atoms with van der Waals surface area (Å²) in [6.07, 6.45) is 1.11. The van der Waals surface area contributed by atoms with E-state index in [1.165, 1.54) is 0 Å². The van der Waals surface area contributed by atoms with E-state index in [-0.39, 0.29) is 6.04 Å². The molecule has 0 spiro atoms. The van der Waals surface area contributed by atoms with Gasteiger partial charge in [0.05, 0.1) is 18.7 Å². The molecule has 0 saturated carbocycles. The summed E-state index contributed by atoms with van der Waals surface area (Å²) in [6, 6.07) is 4.28. The first kappa shape index (κ1) is 16.3. The molecule has 0 aliphatic heterocycles. The highest BCUT2D eigenvalue weighted by atomic mass is 79.9. The summed E-state index contributed by atoms with van der Waals surface area (Å²) in [4.78, 5) is 0. The molecule has 0 fully saturated rings. The first-order chi connectivity index (χ1) is 9.04. The average Bonchev–Trinajstić information content (AvgIpc) is 2.39. The molecule has 1 aromatic carbocycles.